The number of halogens is 4. The highest BCUT2D eigenvalue weighted by Crippen LogP contribution is 2.29. The summed E-state index contributed by atoms with van der Waals surface area (Å²) in [6.45, 7) is 0.496. The normalized spacial score (nSPS) is 11.4. The summed E-state index contributed by atoms with van der Waals surface area (Å²) in [5.74, 6) is 0.494. The fraction of sp³-hybridized carbons (Fsp3) is 0.238. The summed E-state index contributed by atoms with van der Waals surface area (Å²) in [6, 6.07) is 11.8. The third kappa shape index (κ3) is 6.21. The number of thiazole rings is 1. The Morgan fingerprint density at radius 2 is 1.80 bits per heavy atom. The average Bonchev–Trinajstić information content (AvgIpc) is 3.14. The number of rotatable bonds is 7. The van der Waals surface area contributed by atoms with Gasteiger partial charge in [-0.3, -0.25) is 4.79 Å². The lowest BCUT2D eigenvalue weighted by Crippen LogP contribution is -2.27. The summed E-state index contributed by atoms with van der Waals surface area (Å²) in [7, 11) is 1.61. The quantitative estimate of drug-likeness (QED) is 0.467. The van der Waals surface area contributed by atoms with Gasteiger partial charge in [-0.1, -0.05) is 23.7 Å². The van der Waals surface area contributed by atoms with E-state index in [1.165, 1.54) is 28.4 Å². The van der Waals surface area contributed by atoms with Crippen molar-refractivity contribution in [1.29, 1.82) is 0 Å². The second-order valence-corrected chi connectivity index (χ2v) is 7.98. The number of amides is 1. The maximum absolute atomic E-state index is 12.6. The van der Waals surface area contributed by atoms with Crippen molar-refractivity contribution >= 4 is 28.8 Å². The number of ether oxygens (including phenoxy) is 1. The van der Waals surface area contributed by atoms with Crippen LogP contribution in [0.5, 0.6) is 5.75 Å². The predicted molar refractivity (Wildman–Crippen MR) is 110 cm³/mol. The zero-order valence-corrected chi connectivity index (χ0v) is 17.5. The van der Waals surface area contributed by atoms with E-state index in [0.717, 1.165) is 17.1 Å². The lowest BCUT2D eigenvalue weighted by molar-refractivity contribution is -0.137. The van der Waals surface area contributed by atoms with Gasteiger partial charge in [-0.25, -0.2) is 4.98 Å². The van der Waals surface area contributed by atoms with Gasteiger partial charge in [0, 0.05) is 24.0 Å². The second kappa shape index (κ2) is 9.49. The predicted octanol–water partition coefficient (Wildman–Crippen LogP) is 5.60. The number of nitrogens with zero attached hydrogens (tertiary/aromatic N) is 2. The molecule has 0 radical (unpaired) electrons. The molecular weight excluding hydrogens is 437 g/mol. The van der Waals surface area contributed by atoms with Gasteiger partial charge in [0.05, 0.1) is 17.7 Å². The maximum atomic E-state index is 12.6. The number of hydrogen-bond donors (Lipinski definition) is 0. The maximum Gasteiger partial charge on any atom is 0.416 e. The number of alkyl halides is 3. The Morgan fingerprint density at radius 3 is 2.43 bits per heavy atom. The van der Waals surface area contributed by atoms with Crippen LogP contribution in [0.25, 0.3) is 0 Å². The summed E-state index contributed by atoms with van der Waals surface area (Å²) in [5.41, 5.74) is 0.532. The molecule has 0 aliphatic heterocycles. The Balaban J connectivity index is 1.51. The van der Waals surface area contributed by atoms with E-state index in [1.807, 2.05) is 0 Å². The van der Waals surface area contributed by atoms with Crippen LogP contribution in [0.4, 0.5) is 13.2 Å². The molecule has 0 N–H and O–H groups in total. The van der Waals surface area contributed by atoms with Crippen LogP contribution < -0.4 is 4.74 Å². The van der Waals surface area contributed by atoms with Gasteiger partial charge in [-0.05, 0) is 42.0 Å². The van der Waals surface area contributed by atoms with Crippen molar-refractivity contribution in [3.8, 4) is 5.75 Å². The van der Waals surface area contributed by atoms with E-state index in [0.29, 0.717) is 22.0 Å². The van der Waals surface area contributed by atoms with Crippen molar-refractivity contribution in [3.05, 3.63) is 80.8 Å². The molecule has 158 valence electrons. The highest BCUT2D eigenvalue weighted by Gasteiger charge is 2.30. The van der Waals surface area contributed by atoms with E-state index in [2.05, 4.69) is 4.98 Å². The summed E-state index contributed by atoms with van der Waals surface area (Å²) in [6.07, 6.45) is -4.27. The van der Waals surface area contributed by atoms with E-state index in [1.54, 1.807) is 36.7 Å². The summed E-state index contributed by atoms with van der Waals surface area (Å²) < 4.78 is 43.6. The first-order valence-electron chi connectivity index (χ1n) is 8.92. The molecule has 0 atom stereocenters. The van der Waals surface area contributed by atoms with E-state index >= 15 is 0 Å². The molecule has 3 aromatic rings. The third-order valence-electron chi connectivity index (χ3n) is 4.23. The van der Waals surface area contributed by atoms with Crippen molar-refractivity contribution in [3.63, 3.8) is 0 Å². The van der Waals surface area contributed by atoms with Crippen molar-refractivity contribution < 1.29 is 22.7 Å². The number of hydrogen-bond acceptors (Lipinski definition) is 4. The first kappa shape index (κ1) is 22.1. The lowest BCUT2D eigenvalue weighted by Gasteiger charge is -2.17. The van der Waals surface area contributed by atoms with Gasteiger partial charge in [0.1, 0.15) is 17.4 Å². The number of aromatic nitrogens is 1. The Morgan fingerprint density at radius 1 is 1.13 bits per heavy atom. The smallest absolute Gasteiger partial charge is 0.416 e. The standard InChI is InChI=1S/C21H18ClF3N2O2S/c1-27(11-14-2-4-15(5-3-14)21(23,24)25)20(28)10-17-13-30-19(26-17)12-29-18-8-6-16(22)7-9-18/h2-9,13H,10-12H2,1H3. The average molecular weight is 455 g/mol. The minimum absolute atomic E-state index is 0.106. The van der Waals surface area contributed by atoms with Gasteiger partial charge >= 0.3 is 6.18 Å². The molecule has 0 aliphatic carbocycles. The molecule has 0 saturated heterocycles. The van der Waals surface area contributed by atoms with Crippen LogP contribution in [0, 0.1) is 0 Å². The van der Waals surface area contributed by atoms with Gasteiger partial charge < -0.3 is 9.64 Å². The highest BCUT2D eigenvalue weighted by atomic mass is 35.5. The molecule has 30 heavy (non-hydrogen) atoms. The Kier molecular flexibility index (Phi) is 6.99. The first-order valence-corrected chi connectivity index (χ1v) is 10.2. The van der Waals surface area contributed by atoms with Crippen LogP contribution in [0.2, 0.25) is 5.02 Å². The van der Waals surface area contributed by atoms with Crippen molar-refractivity contribution in [2.24, 2.45) is 0 Å². The van der Waals surface area contributed by atoms with Crippen LogP contribution in [0.3, 0.4) is 0 Å². The Bertz CT molecular complexity index is 989. The fourth-order valence-electron chi connectivity index (χ4n) is 2.62. The minimum atomic E-state index is -4.38. The van der Waals surface area contributed by atoms with E-state index < -0.39 is 11.7 Å². The molecule has 0 unspecified atom stereocenters. The molecule has 2 aromatic carbocycles. The van der Waals surface area contributed by atoms with Crippen LogP contribution in [-0.2, 0) is 30.5 Å². The van der Waals surface area contributed by atoms with Gasteiger partial charge in [0.25, 0.3) is 0 Å². The van der Waals surface area contributed by atoms with Crippen LogP contribution in [-0.4, -0.2) is 22.8 Å². The van der Waals surface area contributed by atoms with Crippen molar-refractivity contribution in [2.45, 2.75) is 25.7 Å². The molecule has 0 fully saturated rings. The molecule has 1 amide bonds. The molecule has 0 saturated carbocycles. The number of benzene rings is 2. The number of carbonyl (C=O) groups is 1. The topological polar surface area (TPSA) is 42.4 Å². The molecule has 1 heterocycles. The third-order valence-corrected chi connectivity index (χ3v) is 5.36. The Hall–Kier alpha value is -2.58. The molecular formula is C21H18ClF3N2O2S. The molecule has 1 aromatic heterocycles. The molecule has 0 aliphatic rings. The molecule has 9 heteroatoms. The van der Waals surface area contributed by atoms with Crippen LogP contribution >= 0.6 is 22.9 Å². The summed E-state index contributed by atoms with van der Waals surface area (Å²) >= 11 is 7.23. The Labute approximate surface area is 180 Å². The molecule has 0 bridgehead atoms. The monoisotopic (exact) mass is 454 g/mol. The lowest BCUT2D eigenvalue weighted by atomic mass is 10.1. The zero-order chi connectivity index (χ0) is 21.7. The second-order valence-electron chi connectivity index (χ2n) is 6.60. The summed E-state index contributed by atoms with van der Waals surface area (Å²) in [5, 5.41) is 3.15. The van der Waals surface area contributed by atoms with Gasteiger partial charge in [0.15, 0.2) is 0 Å². The van der Waals surface area contributed by atoms with E-state index in [-0.39, 0.29) is 25.5 Å². The zero-order valence-electron chi connectivity index (χ0n) is 15.9. The largest absolute Gasteiger partial charge is 0.486 e. The van der Waals surface area contributed by atoms with Crippen molar-refractivity contribution in [1.82, 2.24) is 9.88 Å². The fourth-order valence-corrected chi connectivity index (χ4v) is 3.45. The van der Waals surface area contributed by atoms with Gasteiger partial charge in [-0.2, -0.15) is 13.2 Å². The highest BCUT2D eigenvalue weighted by molar-refractivity contribution is 7.09. The van der Waals surface area contributed by atoms with Crippen LogP contribution in [0.1, 0.15) is 21.8 Å². The number of carbonyl (C=O) groups excluding carboxylic acids is 1. The minimum Gasteiger partial charge on any atom is -0.486 e. The summed E-state index contributed by atoms with van der Waals surface area (Å²) in [4.78, 5) is 18.3. The molecule has 3 rings (SSSR count). The molecule has 0 spiro atoms. The number of likely N-dealkylation sites (N-methyl/N-ethyl adjacent to an activating group) is 1. The van der Waals surface area contributed by atoms with E-state index in [9.17, 15) is 18.0 Å². The molecule has 4 nitrogen and oxygen atoms in total. The van der Waals surface area contributed by atoms with Crippen LogP contribution in [0.15, 0.2) is 53.9 Å². The van der Waals surface area contributed by atoms with Gasteiger partial charge in [0.2, 0.25) is 5.91 Å². The van der Waals surface area contributed by atoms with Gasteiger partial charge in [-0.15, -0.1) is 11.3 Å². The van der Waals surface area contributed by atoms with Crippen molar-refractivity contribution in [2.75, 3.05) is 7.05 Å². The first-order chi connectivity index (χ1) is 14.2. The van der Waals surface area contributed by atoms with E-state index in [4.69, 9.17) is 16.3 Å². The SMILES string of the molecule is CN(Cc1ccc(C(F)(F)F)cc1)C(=O)Cc1csc(COc2ccc(Cl)cc2)n1.